The Hall–Kier alpha value is -3.71. The second kappa shape index (κ2) is 10.9. The summed E-state index contributed by atoms with van der Waals surface area (Å²) in [4.78, 5) is 49.0. The van der Waals surface area contributed by atoms with Crippen LogP contribution in [0.1, 0.15) is 38.3 Å². The lowest BCUT2D eigenvalue weighted by Gasteiger charge is -2.19. The molecular formula is C22H23B2N3O9. The smallest absolute Gasteiger partial charge is 0.481 e. The van der Waals surface area contributed by atoms with E-state index in [0.29, 0.717) is 10.9 Å². The highest BCUT2D eigenvalue weighted by Crippen LogP contribution is 2.13. The van der Waals surface area contributed by atoms with Crippen LogP contribution in [-0.2, 0) is 32.1 Å². The Morgan fingerprint density at radius 3 is 1.97 bits per heavy atom. The number of carboxylic acid groups (broad SMARTS) is 1. The molecule has 14 heteroatoms. The van der Waals surface area contributed by atoms with Gasteiger partial charge in [-0.15, -0.1) is 0 Å². The van der Waals surface area contributed by atoms with Gasteiger partial charge in [0.05, 0.1) is 19.6 Å². The predicted octanol–water partition coefficient (Wildman–Crippen LogP) is -2.76. The van der Waals surface area contributed by atoms with Crippen molar-refractivity contribution in [2.24, 2.45) is 0 Å². The summed E-state index contributed by atoms with van der Waals surface area (Å²) >= 11 is 0. The van der Waals surface area contributed by atoms with E-state index in [1.54, 1.807) is 18.2 Å². The molecule has 0 saturated heterocycles. The third-order valence-corrected chi connectivity index (χ3v) is 5.87. The van der Waals surface area contributed by atoms with Gasteiger partial charge in [-0.25, -0.2) is 0 Å². The molecule has 0 aromatic heterocycles. The number of carbonyl (C=O) groups excluding carboxylic acids is 3. The van der Waals surface area contributed by atoms with Gasteiger partial charge in [0.2, 0.25) is 5.91 Å². The number of carbonyl (C=O) groups is 4. The van der Waals surface area contributed by atoms with Crippen LogP contribution in [0, 0.1) is 0 Å². The average molecular weight is 495 g/mol. The molecule has 2 aromatic rings. The van der Waals surface area contributed by atoms with E-state index in [4.69, 9.17) is 14.4 Å². The first-order valence-electron chi connectivity index (χ1n) is 11.2. The molecule has 2 heterocycles. The number of nitrogens with one attached hydrogen (secondary N) is 3. The molecule has 3 amide bonds. The van der Waals surface area contributed by atoms with Gasteiger partial charge >= 0.3 is 20.2 Å². The van der Waals surface area contributed by atoms with E-state index in [0.717, 1.165) is 11.1 Å². The van der Waals surface area contributed by atoms with Gasteiger partial charge in [0.25, 0.3) is 11.8 Å². The highest BCUT2D eigenvalue weighted by molar-refractivity contribution is 6.62. The van der Waals surface area contributed by atoms with Crippen LogP contribution in [0.3, 0.4) is 0 Å². The summed E-state index contributed by atoms with van der Waals surface area (Å²) in [7, 11) is -2.28. The van der Waals surface area contributed by atoms with Crippen LogP contribution in [0.15, 0.2) is 36.4 Å². The van der Waals surface area contributed by atoms with Crippen molar-refractivity contribution in [3.8, 4) is 0 Å². The first kappa shape index (κ1) is 25.4. The maximum Gasteiger partial charge on any atom is 0.491 e. The normalized spacial score (nSPS) is 14.6. The van der Waals surface area contributed by atoms with Crippen molar-refractivity contribution in [2.45, 2.75) is 25.7 Å². The molecule has 0 fully saturated rings. The number of aliphatic carboxylic acids is 1. The molecule has 1 unspecified atom stereocenters. The highest BCUT2D eigenvalue weighted by Gasteiger charge is 2.30. The van der Waals surface area contributed by atoms with Crippen molar-refractivity contribution in [2.75, 3.05) is 13.1 Å². The Morgan fingerprint density at radius 1 is 0.861 bits per heavy atom. The maximum absolute atomic E-state index is 12.9. The Labute approximate surface area is 206 Å². The molecule has 12 nitrogen and oxygen atoms in total. The van der Waals surface area contributed by atoms with Crippen molar-refractivity contribution in [3.63, 3.8) is 0 Å². The van der Waals surface area contributed by atoms with Gasteiger partial charge in [0.15, 0.2) is 0 Å². The molecule has 186 valence electrons. The van der Waals surface area contributed by atoms with Crippen molar-refractivity contribution in [3.05, 3.63) is 58.7 Å². The van der Waals surface area contributed by atoms with Gasteiger partial charge in [-0.05, 0) is 46.3 Å². The Bertz CT molecular complexity index is 1210. The largest absolute Gasteiger partial charge is 0.491 e. The van der Waals surface area contributed by atoms with Crippen LogP contribution in [0.4, 0.5) is 0 Å². The van der Waals surface area contributed by atoms with Crippen molar-refractivity contribution < 1.29 is 43.6 Å². The number of benzene rings is 2. The first-order valence-corrected chi connectivity index (χ1v) is 11.2. The minimum atomic E-state index is -1.23. The number of rotatable bonds is 9. The van der Waals surface area contributed by atoms with Gasteiger partial charge in [-0.3, -0.25) is 19.2 Å². The lowest BCUT2D eigenvalue weighted by Crippen LogP contribution is -2.53. The van der Waals surface area contributed by atoms with Crippen molar-refractivity contribution in [1.82, 2.24) is 16.0 Å². The molecule has 0 aliphatic carbocycles. The zero-order valence-electron chi connectivity index (χ0n) is 19.0. The van der Waals surface area contributed by atoms with Crippen LogP contribution in [0.25, 0.3) is 0 Å². The summed E-state index contributed by atoms with van der Waals surface area (Å²) in [6.07, 6.45) is -0.318. The standard InChI is InChI=1S/C22H23B2N3O9/c28-19(29)5-6-25-22(32)18(27-21(31)13-2-4-15-11-36-24(34)17(15)8-13)9-26-20(30)12-1-3-14-10-35-23(33)16(14)7-12/h1-4,7-8,18,33-34H,5-6,9-11H2,(H,25,32)(H,26,30)(H,27,31)(H,28,29). The average Bonchev–Trinajstić information content (AvgIpc) is 3.42. The van der Waals surface area contributed by atoms with Gasteiger partial charge in [0.1, 0.15) is 6.04 Å². The molecule has 36 heavy (non-hydrogen) atoms. The Balaban J connectivity index is 1.45. The topological polar surface area (TPSA) is 184 Å². The fraction of sp³-hybridized carbons (Fsp3) is 0.273. The van der Waals surface area contributed by atoms with Crippen LogP contribution < -0.4 is 26.9 Å². The molecule has 2 aliphatic rings. The molecule has 0 radical (unpaired) electrons. The van der Waals surface area contributed by atoms with Crippen LogP contribution in [-0.4, -0.2) is 72.2 Å². The zero-order chi connectivity index (χ0) is 25.8. The molecule has 0 spiro atoms. The fourth-order valence-electron chi connectivity index (χ4n) is 3.88. The van der Waals surface area contributed by atoms with E-state index in [-0.39, 0.29) is 43.9 Å². The monoisotopic (exact) mass is 495 g/mol. The molecule has 4 rings (SSSR count). The highest BCUT2D eigenvalue weighted by atomic mass is 16.5. The molecule has 0 saturated carbocycles. The summed E-state index contributed by atoms with van der Waals surface area (Å²) < 4.78 is 10.2. The fourth-order valence-corrected chi connectivity index (χ4v) is 3.88. The van der Waals surface area contributed by atoms with E-state index in [2.05, 4.69) is 16.0 Å². The molecule has 2 aliphatic heterocycles. The van der Waals surface area contributed by atoms with E-state index < -0.39 is 44.0 Å². The molecular weight excluding hydrogens is 472 g/mol. The Kier molecular flexibility index (Phi) is 7.69. The van der Waals surface area contributed by atoms with Gasteiger partial charge in [-0.1, -0.05) is 12.1 Å². The lowest BCUT2D eigenvalue weighted by molar-refractivity contribution is -0.137. The van der Waals surface area contributed by atoms with E-state index in [1.807, 2.05) is 0 Å². The van der Waals surface area contributed by atoms with Crippen molar-refractivity contribution >= 4 is 48.9 Å². The number of hydrogen-bond acceptors (Lipinski definition) is 8. The molecule has 0 bridgehead atoms. The zero-order valence-corrected chi connectivity index (χ0v) is 19.0. The SMILES string of the molecule is O=C(O)CCNC(=O)C(CNC(=O)c1ccc2c(c1)B(O)OC2)NC(=O)c1ccc2c(c1)B(O)OC2. The molecule has 6 N–H and O–H groups in total. The second-order valence-electron chi connectivity index (χ2n) is 8.32. The first-order chi connectivity index (χ1) is 17.2. The predicted molar refractivity (Wildman–Crippen MR) is 127 cm³/mol. The number of carboxylic acids is 1. The summed E-state index contributed by atoms with van der Waals surface area (Å²) in [5.74, 6) is -2.98. The third kappa shape index (κ3) is 5.74. The van der Waals surface area contributed by atoms with Gasteiger partial charge in [-0.2, -0.15) is 0 Å². The van der Waals surface area contributed by atoms with Gasteiger partial charge < -0.3 is 40.4 Å². The molecule has 2 aromatic carbocycles. The maximum atomic E-state index is 12.9. The van der Waals surface area contributed by atoms with Gasteiger partial charge in [0, 0.05) is 24.2 Å². The summed E-state index contributed by atoms with van der Waals surface area (Å²) in [5.41, 5.74) is 2.80. The summed E-state index contributed by atoms with van der Waals surface area (Å²) in [6, 6.07) is 8.08. The van der Waals surface area contributed by atoms with E-state index >= 15 is 0 Å². The number of hydrogen-bond donors (Lipinski definition) is 6. The van der Waals surface area contributed by atoms with E-state index in [1.165, 1.54) is 18.2 Å². The molecule has 1 atom stereocenters. The van der Waals surface area contributed by atoms with E-state index in [9.17, 15) is 29.2 Å². The van der Waals surface area contributed by atoms with Crippen LogP contribution in [0.2, 0.25) is 0 Å². The summed E-state index contributed by atoms with van der Waals surface area (Å²) in [5, 5.41) is 36.1. The minimum absolute atomic E-state index is 0.167. The van der Waals surface area contributed by atoms with Crippen LogP contribution >= 0.6 is 0 Å². The number of amides is 3. The summed E-state index contributed by atoms with van der Waals surface area (Å²) in [6.45, 7) is -0.0182. The number of fused-ring (bicyclic) bond motifs is 2. The van der Waals surface area contributed by atoms with Crippen LogP contribution in [0.5, 0.6) is 0 Å². The quantitative estimate of drug-likeness (QED) is 0.201. The Morgan fingerprint density at radius 2 is 1.42 bits per heavy atom. The third-order valence-electron chi connectivity index (χ3n) is 5.87. The second-order valence-corrected chi connectivity index (χ2v) is 8.32. The minimum Gasteiger partial charge on any atom is -0.481 e. The van der Waals surface area contributed by atoms with Crippen molar-refractivity contribution in [1.29, 1.82) is 0 Å². The lowest BCUT2D eigenvalue weighted by atomic mass is 9.78.